The number of benzene rings is 2. The summed E-state index contributed by atoms with van der Waals surface area (Å²) in [6.45, 7) is 3.59. The first kappa shape index (κ1) is 21.4. The van der Waals surface area contributed by atoms with Gasteiger partial charge in [0.05, 0.1) is 24.6 Å². The number of esters is 1. The highest BCUT2D eigenvalue weighted by atomic mass is 32.2. The van der Waals surface area contributed by atoms with Gasteiger partial charge < -0.3 is 10.1 Å². The van der Waals surface area contributed by atoms with Crippen molar-refractivity contribution in [3.63, 3.8) is 0 Å². The first-order chi connectivity index (χ1) is 13.2. The van der Waals surface area contributed by atoms with Gasteiger partial charge in [-0.2, -0.15) is 0 Å². The standard InChI is InChI=1S/C20H24N2O5S/c1-5-18(22(28(4,25)26)17-11-6-8-14(2)12-17)19(23)21-16-10-7-9-15(13-16)20(24)27-3/h6-13,18H,5H2,1-4H3,(H,21,23)/t18-/m0/s1. The second-order valence-corrected chi connectivity index (χ2v) is 8.24. The number of carbonyl (C=O) groups excluding carboxylic acids is 2. The molecule has 0 aliphatic rings. The van der Waals surface area contributed by atoms with Crippen molar-refractivity contribution in [3.05, 3.63) is 59.7 Å². The van der Waals surface area contributed by atoms with E-state index in [0.29, 0.717) is 11.4 Å². The summed E-state index contributed by atoms with van der Waals surface area (Å²) in [5, 5.41) is 2.70. The van der Waals surface area contributed by atoms with E-state index >= 15 is 0 Å². The summed E-state index contributed by atoms with van der Waals surface area (Å²) in [6.07, 6.45) is 1.34. The largest absolute Gasteiger partial charge is 0.465 e. The second-order valence-electron chi connectivity index (χ2n) is 6.38. The zero-order valence-corrected chi connectivity index (χ0v) is 17.1. The van der Waals surface area contributed by atoms with E-state index in [9.17, 15) is 18.0 Å². The summed E-state index contributed by atoms with van der Waals surface area (Å²) in [5.74, 6) is -1.02. The maximum absolute atomic E-state index is 12.9. The van der Waals surface area contributed by atoms with Crippen molar-refractivity contribution >= 4 is 33.3 Å². The summed E-state index contributed by atoms with van der Waals surface area (Å²) in [7, 11) is -2.44. The molecule has 7 nitrogen and oxygen atoms in total. The van der Waals surface area contributed by atoms with Gasteiger partial charge in [0.2, 0.25) is 15.9 Å². The Balaban J connectivity index is 2.36. The minimum Gasteiger partial charge on any atom is -0.465 e. The molecule has 0 aromatic heterocycles. The van der Waals surface area contributed by atoms with Crippen molar-refractivity contribution in [1.82, 2.24) is 0 Å². The Morgan fingerprint density at radius 3 is 2.39 bits per heavy atom. The summed E-state index contributed by atoms with van der Waals surface area (Å²) in [4.78, 5) is 24.6. The summed E-state index contributed by atoms with van der Waals surface area (Å²) in [5.41, 5.74) is 1.97. The van der Waals surface area contributed by atoms with Crippen LogP contribution in [0.3, 0.4) is 0 Å². The normalized spacial score (nSPS) is 12.1. The highest BCUT2D eigenvalue weighted by Gasteiger charge is 2.31. The lowest BCUT2D eigenvalue weighted by molar-refractivity contribution is -0.117. The van der Waals surface area contributed by atoms with E-state index in [2.05, 4.69) is 10.1 Å². The number of anilines is 2. The zero-order valence-electron chi connectivity index (χ0n) is 16.3. The third-order valence-corrected chi connectivity index (χ3v) is 5.32. The van der Waals surface area contributed by atoms with Crippen LogP contribution in [-0.2, 0) is 19.6 Å². The number of ether oxygens (including phenoxy) is 1. The molecular formula is C20H24N2O5S. The van der Waals surface area contributed by atoms with Gasteiger partial charge >= 0.3 is 5.97 Å². The number of rotatable bonds is 7. The van der Waals surface area contributed by atoms with Crippen molar-refractivity contribution in [2.75, 3.05) is 23.0 Å². The third kappa shape index (κ3) is 5.10. The van der Waals surface area contributed by atoms with Crippen LogP contribution in [0.5, 0.6) is 0 Å². The SMILES string of the molecule is CC[C@@H](C(=O)Nc1cccc(C(=O)OC)c1)N(c1cccc(C)c1)S(C)(=O)=O. The number of hydrogen-bond donors (Lipinski definition) is 1. The number of hydrogen-bond acceptors (Lipinski definition) is 5. The Labute approximate surface area is 165 Å². The maximum atomic E-state index is 12.9. The van der Waals surface area contributed by atoms with Crippen LogP contribution in [0.25, 0.3) is 0 Å². The number of sulfonamides is 1. The van der Waals surface area contributed by atoms with E-state index in [1.165, 1.54) is 13.2 Å². The van der Waals surface area contributed by atoms with Gasteiger partial charge in [-0.1, -0.05) is 25.1 Å². The Morgan fingerprint density at radius 1 is 1.14 bits per heavy atom. The number of aryl methyl sites for hydroxylation is 1. The van der Waals surface area contributed by atoms with Crippen LogP contribution >= 0.6 is 0 Å². The smallest absolute Gasteiger partial charge is 0.337 e. The monoisotopic (exact) mass is 404 g/mol. The van der Waals surface area contributed by atoms with Crippen molar-refractivity contribution < 1.29 is 22.7 Å². The van der Waals surface area contributed by atoms with Crippen molar-refractivity contribution in [2.45, 2.75) is 26.3 Å². The fourth-order valence-electron chi connectivity index (χ4n) is 2.89. The van der Waals surface area contributed by atoms with Gasteiger partial charge in [-0.3, -0.25) is 9.10 Å². The second kappa shape index (κ2) is 8.88. The van der Waals surface area contributed by atoms with E-state index in [-0.39, 0.29) is 12.0 Å². The molecule has 0 aliphatic carbocycles. The maximum Gasteiger partial charge on any atom is 0.337 e. The molecule has 0 saturated heterocycles. The lowest BCUT2D eigenvalue weighted by atomic mass is 10.1. The lowest BCUT2D eigenvalue weighted by Gasteiger charge is -2.30. The molecule has 0 aliphatic heterocycles. The van der Waals surface area contributed by atoms with Crippen LogP contribution in [-0.4, -0.2) is 39.7 Å². The molecule has 0 heterocycles. The van der Waals surface area contributed by atoms with Crippen molar-refractivity contribution in [3.8, 4) is 0 Å². The molecule has 2 aromatic rings. The predicted octanol–water partition coefficient (Wildman–Crippen LogP) is 2.96. The highest BCUT2D eigenvalue weighted by molar-refractivity contribution is 7.92. The topological polar surface area (TPSA) is 92.8 Å². The average molecular weight is 404 g/mol. The predicted molar refractivity (Wildman–Crippen MR) is 109 cm³/mol. The molecule has 2 rings (SSSR count). The molecule has 0 fully saturated rings. The molecule has 0 radical (unpaired) electrons. The molecule has 1 N–H and O–H groups in total. The fraction of sp³-hybridized carbons (Fsp3) is 0.300. The number of carbonyl (C=O) groups is 2. The summed E-state index contributed by atoms with van der Waals surface area (Å²) < 4.78 is 30.7. The molecule has 0 bridgehead atoms. The fourth-order valence-corrected chi connectivity index (χ4v) is 4.10. The first-order valence-corrected chi connectivity index (χ1v) is 10.6. The molecule has 28 heavy (non-hydrogen) atoms. The third-order valence-electron chi connectivity index (χ3n) is 4.14. The van der Waals surface area contributed by atoms with E-state index in [4.69, 9.17) is 0 Å². The van der Waals surface area contributed by atoms with Gasteiger partial charge in [-0.25, -0.2) is 13.2 Å². The molecule has 1 atom stereocenters. The van der Waals surface area contributed by atoms with E-state index < -0.39 is 27.9 Å². The molecule has 150 valence electrons. The van der Waals surface area contributed by atoms with Gasteiger partial charge in [0.1, 0.15) is 6.04 Å². The highest BCUT2D eigenvalue weighted by Crippen LogP contribution is 2.24. The minimum atomic E-state index is -3.71. The number of methoxy groups -OCH3 is 1. The first-order valence-electron chi connectivity index (χ1n) is 8.72. The quantitative estimate of drug-likeness (QED) is 0.716. The molecule has 0 spiro atoms. The molecule has 0 saturated carbocycles. The lowest BCUT2D eigenvalue weighted by Crippen LogP contribution is -2.47. The molecule has 8 heteroatoms. The minimum absolute atomic E-state index is 0.267. The van der Waals surface area contributed by atoms with Crippen LogP contribution in [0.4, 0.5) is 11.4 Å². The average Bonchev–Trinajstić information content (AvgIpc) is 2.64. The summed E-state index contributed by atoms with van der Waals surface area (Å²) in [6, 6.07) is 12.3. The van der Waals surface area contributed by atoms with Gasteiger partial charge in [-0.15, -0.1) is 0 Å². The molecule has 2 aromatic carbocycles. The van der Waals surface area contributed by atoms with E-state index in [1.807, 2.05) is 13.0 Å². The zero-order chi connectivity index (χ0) is 20.9. The van der Waals surface area contributed by atoms with Crippen LogP contribution < -0.4 is 9.62 Å². The van der Waals surface area contributed by atoms with Crippen LogP contribution in [0, 0.1) is 6.92 Å². The Bertz CT molecular complexity index is 972. The van der Waals surface area contributed by atoms with Crippen LogP contribution in [0.2, 0.25) is 0 Å². The van der Waals surface area contributed by atoms with Crippen LogP contribution in [0.15, 0.2) is 48.5 Å². The number of nitrogens with zero attached hydrogens (tertiary/aromatic N) is 1. The van der Waals surface area contributed by atoms with E-state index in [1.54, 1.807) is 43.3 Å². The molecule has 1 amide bonds. The van der Waals surface area contributed by atoms with Crippen molar-refractivity contribution in [2.24, 2.45) is 0 Å². The number of nitrogens with one attached hydrogen (secondary N) is 1. The Morgan fingerprint density at radius 2 is 1.82 bits per heavy atom. The molecular weight excluding hydrogens is 380 g/mol. The van der Waals surface area contributed by atoms with Gasteiger partial charge in [-0.05, 0) is 49.2 Å². The molecule has 0 unspecified atom stereocenters. The van der Waals surface area contributed by atoms with Gasteiger partial charge in [0.15, 0.2) is 0 Å². The van der Waals surface area contributed by atoms with Gasteiger partial charge in [0.25, 0.3) is 0 Å². The Kier molecular flexibility index (Phi) is 6.80. The number of amides is 1. The summed E-state index contributed by atoms with van der Waals surface area (Å²) >= 11 is 0. The van der Waals surface area contributed by atoms with E-state index in [0.717, 1.165) is 16.1 Å². The van der Waals surface area contributed by atoms with Crippen molar-refractivity contribution in [1.29, 1.82) is 0 Å². The Hall–Kier alpha value is -2.87. The van der Waals surface area contributed by atoms with Crippen LogP contribution in [0.1, 0.15) is 29.3 Å². The van der Waals surface area contributed by atoms with Gasteiger partial charge in [0, 0.05) is 5.69 Å².